The summed E-state index contributed by atoms with van der Waals surface area (Å²) in [6.07, 6.45) is 8.30. The molecule has 0 atom stereocenters. The predicted octanol–water partition coefficient (Wildman–Crippen LogP) is 0.286. The standard InChI is InChI=1S/C6H14O2.C6H10.BH3O3/c1-5(2,7)6(3,4)8;1-3-5-6-4-2;2-1(3)4/h7-8H,1-4H3;1H,4-6H2,2H3;2-4H. The van der Waals surface area contributed by atoms with E-state index in [1.54, 1.807) is 27.7 Å². The molecule has 0 aliphatic heterocycles. The van der Waals surface area contributed by atoms with Crippen LogP contribution in [0, 0.1) is 12.3 Å². The van der Waals surface area contributed by atoms with Gasteiger partial charge in [0, 0.05) is 6.42 Å². The van der Waals surface area contributed by atoms with Crippen molar-refractivity contribution < 1.29 is 25.3 Å². The van der Waals surface area contributed by atoms with E-state index in [2.05, 4.69) is 12.8 Å². The Morgan fingerprint density at radius 2 is 1.28 bits per heavy atom. The van der Waals surface area contributed by atoms with E-state index in [1.807, 2.05) is 0 Å². The summed E-state index contributed by atoms with van der Waals surface area (Å²) in [5.74, 6) is 2.57. The molecule has 0 amide bonds. The van der Waals surface area contributed by atoms with Crippen molar-refractivity contribution in [3.63, 3.8) is 0 Å². The maximum absolute atomic E-state index is 9.10. The number of rotatable bonds is 3. The van der Waals surface area contributed by atoms with Gasteiger partial charge in [0.1, 0.15) is 0 Å². The smallest absolute Gasteiger partial charge is 0.402 e. The van der Waals surface area contributed by atoms with Crippen molar-refractivity contribution in [2.24, 2.45) is 0 Å². The predicted molar refractivity (Wildman–Crippen MR) is 73.4 cm³/mol. The highest BCUT2D eigenvalue weighted by Gasteiger charge is 2.31. The minimum Gasteiger partial charge on any atom is -0.402 e. The molecule has 0 unspecified atom stereocenters. The Bertz CT molecular complexity index is 195. The Morgan fingerprint density at radius 3 is 1.33 bits per heavy atom. The molecule has 0 aromatic carbocycles. The van der Waals surface area contributed by atoms with E-state index >= 15 is 0 Å². The van der Waals surface area contributed by atoms with Gasteiger partial charge in [-0.15, -0.1) is 12.3 Å². The van der Waals surface area contributed by atoms with Crippen LogP contribution in [0.2, 0.25) is 0 Å². The minimum atomic E-state index is -2.17. The third-order valence-corrected chi connectivity index (χ3v) is 2.17. The first-order chi connectivity index (χ1) is 7.90. The van der Waals surface area contributed by atoms with E-state index in [4.69, 9.17) is 31.7 Å². The van der Waals surface area contributed by atoms with Crippen LogP contribution in [0.1, 0.15) is 53.9 Å². The van der Waals surface area contributed by atoms with Gasteiger partial charge in [0.2, 0.25) is 0 Å². The van der Waals surface area contributed by atoms with Crippen LogP contribution in [0.3, 0.4) is 0 Å². The van der Waals surface area contributed by atoms with Crippen molar-refractivity contribution in [2.75, 3.05) is 0 Å². The Hall–Kier alpha value is -0.575. The first-order valence-corrected chi connectivity index (χ1v) is 5.82. The molecule has 0 saturated carbocycles. The fourth-order valence-corrected chi connectivity index (χ4v) is 0.279. The lowest BCUT2D eigenvalue weighted by Crippen LogP contribution is -2.44. The summed E-state index contributed by atoms with van der Waals surface area (Å²) in [4.78, 5) is 0. The maximum Gasteiger partial charge on any atom is 0.631 e. The summed E-state index contributed by atoms with van der Waals surface area (Å²) in [5.41, 5.74) is -2.01. The topological polar surface area (TPSA) is 101 Å². The number of hydrogen-bond donors (Lipinski definition) is 5. The number of terminal acetylenes is 1. The van der Waals surface area contributed by atoms with Crippen LogP contribution in [0.15, 0.2) is 0 Å². The molecule has 0 aliphatic carbocycles. The van der Waals surface area contributed by atoms with E-state index in [0.29, 0.717) is 0 Å². The Balaban J connectivity index is -0.000000200. The van der Waals surface area contributed by atoms with Crippen LogP contribution in [-0.4, -0.2) is 43.8 Å². The highest BCUT2D eigenvalue weighted by atomic mass is 16.5. The number of hydrogen-bond acceptors (Lipinski definition) is 5. The molecule has 5 N–H and O–H groups in total. The second kappa shape index (κ2) is 11.5. The van der Waals surface area contributed by atoms with E-state index in [9.17, 15) is 0 Å². The molecule has 0 aromatic rings. The summed E-state index contributed by atoms with van der Waals surface area (Å²) in [5, 5.41) is 39.7. The molecule has 0 spiro atoms. The number of unbranched alkanes of at least 4 members (excludes halogenated alkanes) is 2. The van der Waals surface area contributed by atoms with Crippen LogP contribution in [-0.2, 0) is 0 Å². The molecular weight excluding hydrogens is 235 g/mol. The normalized spacial score (nSPS) is 10.3. The monoisotopic (exact) mass is 262 g/mol. The fourth-order valence-electron chi connectivity index (χ4n) is 0.279. The van der Waals surface area contributed by atoms with Crippen LogP contribution >= 0.6 is 0 Å². The average Bonchev–Trinajstić information content (AvgIpc) is 2.11. The minimum absolute atomic E-state index is 0.941. The summed E-state index contributed by atoms with van der Waals surface area (Å²) in [6.45, 7) is 8.44. The fraction of sp³-hybridized carbons (Fsp3) is 0.833. The molecule has 0 radical (unpaired) electrons. The lowest BCUT2D eigenvalue weighted by molar-refractivity contribution is -0.107. The van der Waals surface area contributed by atoms with E-state index < -0.39 is 18.5 Å². The van der Waals surface area contributed by atoms with Gasteiger partial charge >= 0.3 is 7.32 Å². The van der Waals surface area contributed by atoms with Crippen LogP contribution in [0.4, 0.5) is 0 Å². The summed E-state index contributed by atoms with van der Waals surface area (Å²) >= 11 is 0. The first-order valence-electron chi connectivity index (χ1n) is 5.82. The molecule has 0 bridgehead atoms. The van der Waals surface area contributed by atoms with E-state index in [0.717, 1.165) is 6.42 Å². The van der Waals surface area contributed by atoms with Gasteiger partial charge in [-0.2, -0.15) is 0 Å². The van der Waals surface area contributed by atoms with Gasteiger partial charge in [-0.05, 0) is 34.1 Å². The van der Waals surface area contributed by atoms with Gasteiger partial charge in [-0.1, -0.05) is 13.3 Å². The van der Waals surface area contributed by atoms with Crippen LogP contribution < -0.4 is 0 Å². The van der Waals surface area contributed by atoms with Crippen molar-refractivity contribution >= 4 is 7.32 Å². The first kappa shape index (κ1) is 22.6. The second-order valence-electron chi connectivity index (χ2n) is 4.77. The lowest BCUT2D eigenvalue weighted by atomic mass is 9.90. The van der Waals surface area contributed by atoms with E-state index in [-0.39, 0.29) is 0 Å². The third-order valence-electron chi connectivity index (χ3n) is 2.17. The average molecular weight is 262 g/mol. The Labute approximate surface area is 111 Å². The molecule has 18 heavy (non-hydrogen) atoms. The summed E-state index contributed by atoms with van der Waals surface area (Å²) in [6, 6.07) is 0. The van der Waals surface area contributed by atoms with Crippen LogP contribution in [0.25, 0.3) is 0 Å². The van der Waals surface area contributed by atoms with E-state index in [1.165, 1.54) is 12.8 Å². The van der Waals surface area contributed by atoms with Crippen LogP contribution in [0.5, 0.6) is 0 Å². The molecule has 5 nitrogen and oxygen atoms in total. The van der Waals surface area contributed by atoms with Crippen molar-refractivity contribution in [1.29, 1.82) is 0 Å². The van der Waals surface area contributed by atoms with Gasteiger partial charge in [-0.3, -0.25) is 0 Å². The highest BCUT2D eigenvalue weighted by Crippen LogP contribution is 2.19. The van der Waals surface area contributed by atoms with Crippen molar-refractivity contribution in [2.45, 2.75) is 65.1 Å². The molecule has 0 aromatic heterocycles. The van der Waals surface area contributed by atoms with Crippen molar-refractivity contribution in [3.05, 3.63) is 0 Å². The quantitative estimate of drug-likeness (QED) is 0.286. The molecule has 6 heteroatoms. The molecule has 108 valence electrons. The summed E-state index contributed by atoms with van der Waals surface area (Å²) < 4.78 is 0. The molecule has 0 heterocycles. The van der Waals surface area contributed by atoms with Crippen molar-refractivity contribution in [3.8, 4) is 12.3 Å². The molecule has 0 aliphatic rings. The van der Waals surface area contributed by atoms with Gasteiger partial charge in [0.25, 0.3) is 0 Å². The largest absolute Gasteiger partial charge is 0.631 e. The van der Waals surface area contributed by atoms with Gasteiger partial charge in [-0.25, -0.2) is 0 Å². The van der Waals surface area contributed by atoms with Gasteiger partial charge in [0.05, 0.1) is 11.2 Å². The maximum atomic E-state index is 9.10. The van der Waals surface area contributed by atoms with Crippen molar-refractivity contribution in [1.82, 2.24) is 0 Å². The lowest BCUT2D eigenvalue weighted by Gasteiger charge is -2.31. The third kappa shape index (κ3) is 24.6. The Morgan fingerprint density at radius 1 is 1.00 bits per heavy atom. The second-order valence-corrected chi connectivity index (χ2v) is 4.77. The SMILES string of the molecule is C#CCCCC.CC(C)(O)C(C)(C)O.OB(O)O. The van der Waals surface area contributed by atoms with Gasteiger partial charge in [0.15, 0.2) is 0 Å². The number of aliphatic hydroxyl groups is 2. The molecular formula is C12H27BO5. The molecule has 0 rings (SSSR count). The highest BCUT2D eigenvalue weighted by molar-refractivity contribution is 6.30. The summed E-state index contributed by atoms with van der Waals surface area (Å²) in [7, 11) is -2.17. The molecule has 0 saturated heterocycles. The zero-order valence-electron chi connectivity index (χ0n) is 12.0. The van der Waals surface area contributed by atoms with Gasteiger partial charge < -0.3 is 25.3 Å². The zero-order chi connectivity index (χ0) is 15.4. The zero-order valence-corrected chi connectivity index (χ0v) is 12.0. The molecule has 0 fully saturated rings. The Kier molecular flexibility index (Phi) is 14.4.